The molecule has 0 bridgehead atoms. The van der Waals surface area contributed by atoms with Gasteiger partial charge in [-0.2, -0.15) is 0 Å². The van der Waals surface area contributed by atoms with E-state index in [1.165, 1.54) is 18.5 Å². The molecule has 0 aromatic heterocycles. The topological polar surface area (TPSA) is 52.7 Å². The van der Waals surface area contributed by atoms with Crippen molar-refractivity contribution in [3.05, 3.63) is 24.3 Å². The SMILES string of the molecule is CC(C)(C)C(=O)N1CCCC(C(=O)Nc2ccc(N3CCCC3)cc2)C1. The maximum atomic E-state index is 12.7. The summed E-state index contributed by atoms with van der Waals surface area (Å²) in [6, 6.07) is 8.12. The lowest BCUT2D eigenvalue weighted by atomic mass is 9.91. The Labute approximate surface area is 156 Å². The number of amides is 2. The van der Waals surface area contributed by atoms with Crippen LogP contribution in [0.3, 0.4) is 0 Å². The molecular formula is C21H31N3O2. The second-order valence-corrected chi connectivity index (χ2v) is 8.57. The van der Waals surface area contributed by atoms with E-state index in [-0.39, 0.29) is 17.7 Å². The minimum atomic E-state index is -0.399. The zero-order valence-electron chi connectivity index (χ0n) is 16.3. The van der Waals surface area contributed by atoms with Crippen molar-refractivity contribution < 1.29 is 9.59 Å². The summed E-state index contributed by atoms with van der Waals surface area (Å²) in [5.41, 5.74) is 1.65. The third-order valence-electron chi connectivity index (χ3n) is 5.33. The van der Waals surface area contributed by atoms with Gasteiger partial charge in [0.05, 0.1) is 5.92 Å². The lowest BCUT2D eigenvalue weighted by Crippen LogP contribution is -2.47. The molecule has 2 aliphatic heterocycles. The van der Waals surface area contributed by atoms with Gasteiger partial charge >= 0.3 is 0 Å². The molecule has 2 amide bonds. The number of likely N-dealkylation sites (tertiary alicyclic amines) is 1. The van der Waals surface area contributed by atoms with E-state index in [1.54, 1.807) is 0 Å². The summed E-state index contributed by atoms with van der Waals surface area (Å²) in [5, 5.41) is 3.03. The first-order valence-corrected chi connectivity index (χ1v) is 9.80. The minimum absolute atomic E-state index is 0.0188. The van der Waals surface area contributed by atoms with Gasteiger partial charge in [0.1, 0.15) is 0 Å². The minimum Gasteiger partial charge on any atom is -0.372 e. The van der Waals surface area contributed by atoms with Crippen molar-refractivity contribution in [1.29, 1.82) is 0 Å². The molecule has 5 nitrogen and oxygen atoms in total. The van der Waals surface area contributed by atoms with Gasteiger partial charge in [-0.05, 0) is 49.9 Å². The summed E-state index contributed by atoms with van der Waals surface area (Å²) >= 11 is 0. The van der Waals surface area contributed by atoms with E-state index in [1.807, 2.05) is 37.8 Å². The Bertz CT molecular complexity index is 642. The zero-order chi connectivity index (χ0) is 18.7. The molecule has 0 spiro atoms. The molecule has 5 heteroatoms. The van der Waals surface area contributed by atoms with E-state index in [0.717, 1.165) is 38.2 Å². The van der Waals surface area contributed by atoms with Gasteiger partial charge in [-0.3, -0.25) is 9.59 Å². The number of carbonyl (C=O) groups is 2. The number of piperidine rings is 1. The van der Waals surface area contributed by atoms with Crippen LogP contribution in [0.4, 0.5) is 11.4 Å². The van der Waals surface area contributed by atoms with Crippen molar-refractivity contribution in [3.63, 3.8) is 0 Å². The summed E-state index contributed by atoms with van der Waals surface area (Å²) in [5.74, 6) is 0.0172. The van der Waals surface area contributed by atoms with Crippen LogP contribution in [0.25, 0.3) is 0 Å². The van der Waals surface area contributed by atoms with Gasteiger partial charge in [0.2, 0.25) is 11.8 Å². The van der Waals surface area contributed by atoms with Crippen molar-refractivity contribution >= 4 is 23.2 Å². The van der Waals surface area contributed by atoms with E-state index in [9.17, 15) is 9.59 Å². The number of nitrogens with zero attached hydrogens (tertiary/aromatic N) is 2. The fourth-order valence-corrected chi connectivity index (χ4v) is 3.83. The second-order valence-electron chi connectivity index (χ2n) is 8.57. The highest BCUT2D eigenvalue weighted by molar-refractivity contribution is 5.93. The highest BCUT2D eigenvalue weighted by Gasteiger charge is 2.33. The van der Waals surface area contributed by atoms with E-state index in [0.29, 0.717) is 6.54 Å². The fraction of sp³-hybridized carbons (Fsp3) is 0.619. The molecule has 1 aromatic carbocycles. The Morgan fingerprint density at radius 2 is 1.65 bits per heavy atom. The molecule has 2 fully saturated rings. The van der Waals surface area contributed by atoms with Crippen molar-refractivity contribution in [1.82, 2.24) is 4.90 Å². The maximum Gasteiger partial charge on any atom is 0.229 e. The highest BCUT2D eigenvalue weighted by Crippen LogP contribution is 2.25. The first-order valence-electron chi connectivity index (χ1n) is 9.80. The number of carbonyl (C=O) groups excluding carboxylic acids is 2. The van der Waals surface area contributed by atoms with Gasteiger partial charge < -0.3 is 15.1 Å². The van der Waals surface area contributed by atoms with Crippen LogP contribution in [0, 0.1) is 11.3 Å². The van der Waals surface area contributed by atoms with Crippen molar-refractivity contribution in [3.8, 4) is 0 Å². The van der Waals surface area contributed by atoms with Gasteiger partial charge in [0.15, 0.2) is 0 Å². The van der Waals surface area contributed by atoms with Crippen molar-refractivity contribution in [2.75, 3.05) is 36.4 Å². The lowest BCUT2D eigenvalue weighted by Gasteiger charge is -2.35. The summed E-state index contributed by atoms with van der Waals surface area (Å²) in [6.07, 6.45) is 4.23. The summed E-state index contributed by atoms with van der Waals surface area (Å²) in [7, 11) is 0. The number of nitrogens with one attached hydrogen (secondary N) is 1. The van der Waals surface area contributed by atoms with Crippen molar-refractivity contribution in [2.45, 2.75) is 46.5 Å². The van der Waals surface area contributed by atoms with Crippen LogP contribution in [0.2, 0.25) is 0 Å². The van der Waals surface area contributed by atoms with E-state index in [2.05, 4.69) is 22.3 Å². The largest absolute Gasteiger partial charge is 0.372 e. The molecule has 2 saturated heterocycles. The number of hydrogen-bond acceptors (Lipinski definition) is 3. The molecule has 2 aliphatic rings. The Hall–Kier alpha value is -2.04. The van der Waals surface area contributed by atoms with Gasteiger partial charge in [0.25, 0.3) is 0 Å². The first-order chi connectivity index (χ1) is 12.3. The van der Waals surface area contributed by atoms with Gasteiger partial charge in [0, 0.05) is 43.0 Å². The molecule has 2 heterocycles. The molecule has 1 atom stereocenters. The molecule has 26 heavy (non-hydrogen) atoms. The van der Waals surface area contributed by atoms with Crippen LogP contribution in [0.15, 0.2) is 24.3 Å². The number of rotatable bonds is 3. The van der Waals surface area contributed by atoms with Crippen LogP contribution in [0.1, 0.15) is 46.5 Å². The van der Waals surface area contributed by atoms with E-state index < -0.39 is 5.41 Å². The predicted molar refractivity (Wildman–Crippen MR) is 105 cm³/mol. The normalized spacial score (nSPS) is 21.0. The lowest BCUT2D eigenvalue weighted by molar-refractivity contribution is -0.142. The highest BCUT2D eigenvalue weighted by atomic mass is 16.2. The smallest absolute Gasteiger partial charge is 0.229 e. The molecule has 0 aliphatic carbocycles. The fourth-order valence-electron chi connectivity index (χ4n) is 3.83. The Morgan fingerprint density at radius 3 is 2.27 bits per heavy atom. The number of hydrogen-bond donors (Lipinski definition) is 1. The molecule has 3 rings (SSSR count). The number of anilines is 2. The van der Waals surface area contributed by atoms with Gasteiger partial charge in [-0.25, -0.2) is 0 Å². The van der Waals surface area contributed by atoms with E-state index in [4.69, 9.17) is 0 Å². The molecule has 1 unspecified atom stereocenters. The molecule has 1 aromatic rings. The third kappa shape index (κ3) is 4.37. The van der Waals surface area contributed by atoms with Gasteiger partial charge in [-0.15, -0.1) is 0 Å². The maximum absolute atomic E-state index is 12.7. The summed E-state index contributed by atoms with van der Waals surface area (Å²) in [4.78, 5) is 29.4. The molecular weight excluding hydrogens is 326 g/mol. The standard InChI is InChI=1S/C21H31N3O2/c1-21(2,3)20(26)24-14-6-7-16(15-24)19(25)22-17-8-10-18(11-9-17)23-12-4-5-13-23/h8-11,16H,4-7,12-15H2,1-3H3,(H,22,25). The van der Waals surface area contributed by atoms with Crippen LogP contribution in [-0.4, -0.2) is 42.9 Å². The summed E-state index contributed by atoms with van der Waals surface area (Å²) < 4.78 is 0. The van der Waals surface area contributed by atoms with Crippen molar-refractivity contribution in [2.24, 2.45) is 11.3 Å². The van der Waals surface area contributed by atoms with Gasteiger partial charge in [-0.1, -0.05) is 20.8 Å². The Balaban J connectivity index is 1.58. The van der Waals surface area contributed by atoms with E-state index >= 15 is 0 Å². The average Bonchev–Trinajstić information content (AvgIpc) is 3.15. The van der Waals surface area contributed by atoms with Crippen LogP contribution < -0.4 is 10.2 Å². The van der Waals surface area contributed by atoms with Crippen LogP contribution in [-0.2, 0) is 9.59 Å². The van der Waals surface area contributed by atoms with Crippen LogP contribution >= 0.6 is 0 Å². The zero-order valence-corrected chi connectivity index (χ0v) is 16.3. The third-order valence-corrected chi connectivity index (χ3v) is 5.33. The monoisotopic (exact) mass is 357 g/mol. The molecule has 0 radical (unpaired) electrons. The molecule has 142 valence electrons. The predicted octanol–water partition coefficient (Wildman–Crippen LogP) is 3.51. The Morgan fingerprint density at radius 1 is 1.00 bits per heavy atom. The first kappa shape index (κ1) is 18.7. The summed E-state index contributed by atoms with van der Waals surface area (Å²) in [6.45, 7) is 9.30. The Kier molecular flexibility index (Phi) is 5.54. The average molecular weight is 357 g/mol. The van der Waals surface area contributed by atoms with Crippen LogP contribution in [0.5, 0.6) is 0 Å². The molecule has 1 N–H and O–H groups in total. The molecule has 0 saturated carbocycles. The number of benzene rings is 1. The quantitative estimate of drug-likeness (QED) is 0.901. The second kappa shape index (κ2) is 7.68.